The third kappa shape index (κ3) is 3.59. The molecule has 0 heterocycles. The molecule has 102 valence electrons. The predicted octanol–water partition coefficient (Wildman–Crippen LogP) is 2.38. The topological polar surface area (TPSA) is 57.6 Å². The van der Waals surface area contributed by atoms with Crippen molar-refractivity contribution in [3.05, 3.63) is 28.2 Å². The molecule has 1 aromatic carbocycles. The highest BCUT2D eigenvalue weighted by Gasteiger charge is 2.29. The molecule has 0 atom stereocenters. The third-order valence-electron chi connectivity index (χ3n) is 2.20. The van der Waals surface area contributed by atoms with Gasteiger partial charge in [-0.1, -0.05) is 29.3 Å². The lowest BCUT2D eigenvalue weighted by Gasteiger charge is -2.25. The molecule has 7 heteroatoms. The molecule has 18 heavy (non-hydrogen) atoms. The van der Waals surface area contributed by atoms with Gasteiger partial charge in [-0.15, -0.1) is 0 Å². The number of likely N-dealkylation sites (N-methyl/N-ethyl adjacent to an activating group) is 1. The second kappa shape index (κ2) is 5.35. The van der Waals surface area contributed by atoms with Crippen molar-refractivity contribution in [3.8, 4) is 0 Å². The maximum atomic E-state index is 12.3. The van der Waals surface area contributed by atoms with Crippen LogP contribution in [0.2, 0.25) is 10.0 Å². The number of aliphatic hydroxyl groups is 1. The van der Waals surface area contributed by atoms with E-state index in [1.165, 1.54) is 33.0 Å². The molecule has 0 aliphatic rings. The zero-order chi connectivity index (χ0) is 14.1. The molecule has 0 aliphatic heterocycles. The molecule has 1 N–H and O–H groups in total. The normalized spacial score (nSPS) is 13.1. The van der Waals surface area contributed by atoms with E-state index in [1.807, 2.05) is 0 Å². The second-order valence-corrected chi connectivity index (χ2v) is 7.42. The Kier molecular flexibility index (Phi) is 4.67. The Morgan fingerprint density at radius 2 is 1.72 bits per heavy atom. The predicted molar refractivity (Wildman–Crippen MR) is 72.6 cm³/mol. The maximum absolute atomic E-state index is 12.3. The van der Waals surface area contributed by atoms with E-state index in [4.69, 9.17) is 23.2 Å². The van der Waals surface area contributed by atoms with Crippen LogP contribution < -0.4 is 0 Å². The van der Waals surface area contributed by atoms with Crippen LogP contribution in [0.4, 0.5) is 0 Å². The van der Waals surface area contributed by atoms with Crippen LogP contribution in [0.25, 0.3) is 0 Å². The van der Waals surface area contributed by atoms with Gasteiger partial charge in [0.25, 0.3) is 0 Å². The summed E-state index contributed by atoms with van der Waals surface area (Å²) in [5, 5.41) is 9.79. The van der Waals surface area contributed by atoms with Crippen LogP contribution in [0.15, 0.2) is 23.1 Å². The van der Waals surface area contributed by atoms with Crippen LogP contribution in [-0.2, 0) is 10.0 Å². The van der Waals surface area contributed by atoms with E-state index < -0.39 is 15.6 Å². The number of halogens is 2. The standard InChI is InChI=1S/C11H15Cl2NO3S/c1-11(2,15)7-14(3)18(16,17)10-8(12)5-4-6-9(10)13/h4-6,15H,7H2,1-3H3. The molecular weight excluding hydrogens is 297 g/mol. The van der Waals surface area contributed by atoms with Gasteiger partial charge in [-0.05, 0) is 26.0 Å². The van der Waals surface area contributed by atoms with E-state index in [-0.39, 0.29) is 21.5 Å². The minimum Gasteiger partial charge on any atom is -0.389 e. The van der Waals surface area contributed by atoms with E-state index in [0.29, 0.717) is 0 Å². The summed E-state index contributed by atoms with van der Waals surface area (Å²) in [5.41, 5.74) is -1.14. The van der Waals surface area contributed by atoms with Crippen LogP contribution in [0.5, 0.6) is 0 Å². The monoisotopic (exact) mass is 311 g/mol. The van der Waals surface area contributed by atoms with Gasteiger partial charge in [0.2, 0.25) is 10.0 Å². The summed E-state index contributed by atoms with van der Waals surface area (Å²) in [6.45, 7) is 2.98. The minimum absolute atomic E-state index is 0.0586. The van der Waals surface area contributed by atoms with Crippen molar-refractivity contribution in [1.29, 1.82) is 0 Å². The number of rotatable bonds is 4. The summed E-state index contributed by atoms with van der Waals surface area (Å²) in [5.74, 6) is 0. The number of nitrogens with zero attached hydrogens (tertiary/aromatic N) is 1. The van der Waals surface area contributed by atoms with E-state index in [0.717, 1.165) is 4.31 Å². The van der Waals surface area contributed by atoms with Gasteiger partial charge in [0.1, 0.15) is 4.90 Å². The lowest BCUT2D eigenvalue weighted by atomic mass is 10.1. The van der Waals surface area contributed by atoms with Crippen LogP contribution in [0.1, 0.15) is 13.8 Å². The average Bonchev–Trinajstić information content (AvgIpc) is 2.13. The summed E-state index contributed by atoms with van der Waals surface area (Å²) >= 11 is 11.8. The van der Waals surface area contributed by atoms with Gasteiger partial charge in [0.15, 0.2) is 0 Å². The highest BCUT2D eigenvalue weighted by molar-refractivity contribution is 7.89. The number of hydrogen-bond acceptors (Lipinski definition) is 3. The summed E-state index contributed by atoms with van der Waals surface area (Å²) < 4.78 is 25.6. The Labute approximate surface area is 117 Å². The van der Waals surface area contributed by atoms with Crippen molar-refractivity contribution in [2.75, 3.05) is 13.6 Å². The first-order chi connectivity index (χ1) is 8.05. The molecular formula is C11H15Cl2NO3S. The molecule has 4 nitrogen and oxygen atoms in total. The Morgan fingerprint density at radius 3 is 2.11 bits per heavy atom. The van der Waals surface area contributed by atoms with Gasteiger partial charge in [0.05, 0.1) is 15.6 Å². The average molecular weight is 312 g/mol. The molecule has 0 fully saturated rings. The number of hydrogen-bond donors (Lipinski definition) is 1. The van der Waals surface area contributed by atoms with E-state index in [1.54, 1.807) is 6.07 Å². The first kappa shape index (κ1) is 15.7. The molecule has 0 unspecified atom stereocenters. The zero-order valence-electron chi connectivity index (χ0n) is 10.3. The van der Waals surface area contributed by atoms with Crippen molar-refractivity contribution in [1.82, 2.24) is 4.31 Å². The largest absolute Gasteiger partial charge is 0.389 e. The molecule has 0 aliphatic carbocycles. The second-order valence-electron chi connectivity index (χ2n) is 4.62. The van der Waals surface area contributed by atoms with Crippen LogP contribution in [-0.4, -0.2) is 37.0 Å². The summed E-state index contributed by atoms with van der Waals surface area (Å²) in [4.78, 5) is -0.139. The van der Waals surface area contributed by atoms with Crippen LogP contribution in [0, 0.1) is 0 Å². The van der Waals surface area contributed by atoms with Gasteiger partial charge in [0, 0.05) is 13.6 Å². The van der Waals surface area contributed by atoms with Crippen molar-refractivity contribution in [2.45, 2.75) is 24.3 Å². The fraction of sp³-hybridized carbons (Fsp3) is 0.455. The molecule has 1 aromatic rings. The maximum Gasteiger partial charge on any atom is 0.245 e. The number of sulfonamides is 1. The molecule has 0 aromatic heterocycles. The van der Waals surface area contributed by atoms with Gasteiger partial charge < -0.3 is 5.11 Å². The first-order valence-electron chi connectivity index (χ1n) is 5.18. The smallest absolute Gasteiger partial charge is 0.245 e. The molecule has 0 amide bonds. The molecule has 0 spiro atoms. The third-order valence-corrected chi connectivity index (χ3v) is 4.96. The molecule has 0 bridgehead atoms. The van der Waals surface area contributed by atoms with Gasteiger partial charge in [-0.2, -0.15) is 4.31 Å². The van der Waals surface area contributed by atoms with Gasteiger partial charge in [-0.3, -0.25) is 0 Å². The summed E-state index contributed by atoms with van der Waals surface area (Å²) in [7, 11) is -2.46. The Hall–Kier alpha value is -0.330. The molecule has 1 rings (SSSR count). The number of benzene rings is 1. The highest BCUT2D eigenvalue weighted by Crippen LogP contribution is 2.31. The fourth-order valence-electron chi connectivity index (χ4n) is 1.51. The Morgan fingerprint density at radius 1 is 1.28 bits per heavy atom. The van der Waals surface area contributed by atoms with Crippen molar-refractivity contribution < 1.29 is 13.5 Å². The quantitative estimate of drug-likeness (QED) is 0.929. The summed E-state index contributed by atoms with van der Waals surface area (Å²) in [6.07, 6.45) is 0. The zero-order valence-corrected chi connectivity index (χ0v) is 12.6. The van der Waals surface area contributed by atoms with E-state index >= 15 is 0 Å². The lowest BCUT2D eigenvalue weighted by Crippen LogP contribution is -2.39. The van der Waals surface area contributed by atoms with Crippen LogP contribution in [0.3, 0.4) is 0 Å². The van der Waals surface area contributed by atoms with Crippen molar-refractivity contribution in [3.63, 3.8) is 0 Å². The SMILES string of the molecule is CN(CC(C)(C)O)S(=O)(=O)c1c(Cl)cccc1Cl. The minimum atomic E-state index is -3.82. The molecule has 0 saturated heterocycles. The van der Waals surface area contributed by atoms with Gasteiger partial charge >= 0.3 is 0 Å². The Bertz CT molecular complexity index is 517. The van der Waals surface area contributed by atoms with Crippen molar-refractivity contribution in [2.24, 2.45) is 0 Å². The fourth-order valence-corrected chi connectivity index (χ4v) is 3.92. The lowest BCUT2D eigenvalue weighted by molar-refractivity contribution is 0.0640. The highest BCUT2D eigenvalue weighted by atomic mass is 35.5. The first-order valence-corrected chi connectivity index (χ1v) is 7.38. The Balaban J connectivity index is 3.22. The van der Waals surface area contributed by atoms with E-state index in [2.05, 4.69) is 0 Å². The van der Waals surface area contributed by atoms with Gasteiger partial charge in [-0.25, -0.2) is 8.42 Å². The van der Waals surface area contributed by atoms with E-state index in [9.17, 15) is 13.5 Å². The van der Waals surface area contributed by atoms with Crippen LogP contribution >= 0.6 is 23.2 Å². The van der Waals surface area contributed by atoms with Crippen molar-refractivity contribution >= 4 is 33.2 Å². The summed E-state index contributed by atoms with van der Waals surface area (Å²) in [6, 6.07) is 4.48. The molecule has 0 radical (unpaired) electrons. The molecule has 0 saturated carbocycles.